The third-order valence-corrected chi connectivity index (χ3v) is 7.52. The molecule has 0 aromatic carbocycles. The lowest BCUT2D eigenvalue weighted by atomic mass is 9.61. The Morgan fingerprint density at radius 2 is 1.56 bits per heavy atom. The van der Waals surface area contributed by atoms with Crippen LogP contribution in [0, 0.1) is 22.2 Å². The van der Waals surface area contributed by atoms with Crippen LogP contribution < -0.4 is 0 Å². The van der Waals surface area contributed by atoms with E-state index in [0.717, 1.165) is 38.3 Å². The molecule has 0 bridgehead atoms. The number of hydrogen-bond donors (Lipinski definition) is 1. The van der Waals surface area contributed by atoms with Crippen LogP contribution in [-0.2, 0) is 18.8 Å². The van der Waals surface area contributed by atoms with E-state index in [1.165, 1.54) is 0 Å². The van der Waals surface area contributed by atoms with Crippen LogP contribution in [0.15, 0.2) is 0 Å². The van der Waals surface area contributed by atoms with Gasteiger partial charge in [-0.25, -0.2) is 15.0 Å². The predicted molar refractivity (Wildman–Crippen MR) is 127 cm³/mol. The molecule has 7 nitrogen and oxygen atoms in total. The summed E-state index contributed by atoms with van der Waals surface area (Å²) >= 11 is 0. The van der Waals surface area contributed by atoms with Crippen LogP contribution in [0.2, 0.25) is 6.32 Å². The van der Waals surface area contributed by atoms with E-state index in [2.05, 4.69) is 55.4 Å². The summed E-state index contributed by atoms with van der Waals surface area (Å²) in [6.45, 7) is 24.8. The summed E-state index contributed by atoms with van der Waals surface area (Å²) in [5.74, 6) is 0.428. The van der Waals surface area contributed by atoms with Gasteiger partial charge in [0.05, 0.1) is 11.2 Å². The van der Waals surface area contributed by atoms with Crippen molar-refractivity contribution in [1.82, 2.24) is 4.90 Å². The number of isocyanates is 1. The zero-order valence-corrected chi connectivity index (χ0v) is 22.2. The van der Waals surface area contributed by atoms with E-state index in [4.69, 9.17) is 24.2 Å². The molecular formula is C24H45BN2O5. The molecule has 2 aliphatic heterocycles. The molecule has 0 aliphatic carbocycles. The number of nitrogens with one attached hydrogen (secondary N) is 1. The van der Waals surface area contributed by atoms with Gasteiger partial charge in [-0.15, -0.1) is 0 Å². The first-order valence-electron chi connectivity index (χ1n) is 11.7. The lowest BCUT2D eigenvalue weighted by Crippen LogP contribution is -2.41. The van der Waals surface area contributed by atoms with E-state index in [-0.39, 0.29) is 35.2 Å². The smallest absolute Gasteiger partial charge is 0.444 e. The zero-order valence-electron chi connectivity index (χ0n) is 22.2. The summed E-state index contributed by atoms with van der Waals surface area (Å²) in [7, 11) is -0.149. The van der Waals surface area contributed by atoms with Gasteiger partial charge in [0.25, 0.3) is 0 Å². The third kappa shape index (κ3) is 6.82. The number of rotatable bonds is 4. The van der Waals surface area contributed by atoms with Gasteiger partial charge in [-0.2, -0.15) is 0 Å². The molecule has 2 aliphatic rings. The monoisotopic (exact) mass is 452 g/mol. The molecular weight excluding hydrogens is 407 g/mol. The molecule has 0 spiro atoms. The van der Waals surface area contributed by atoms with Crippen molar-refractivity contribution in [1.29, 1.82) is 5.41 Å². The van der Waals surface area contributed by atoms with E-state index in [0.29, 0.717) is 5.92 Å². The van der Waals surface area contributed by atoms with Crippen LogP contribution in [0.4, 0.5) is 4.79 Å². The van der Waals surface area contributed by atoms with Crippen molar-refractivity contribution in [2.75, 3.05) is 13.1 Å². The Balaban J connectivity index is 0.00000161. The standard InChI is InChI=1S/C23H44BNO4.CHNO/c1-19(2,3)23(11)16-25(18(26)27-20(4,5)6)15-17(23)13-12-14-24-28-21(7,8)22(9,10)29-24;2-1-3/h17H,12-16H2,1-11H3;2H/t17-,23+;/m0./s1. The largest absolute Gasteiger partial charge is 0.457 e. The predicted octanol–water partition coefficient (Wildman–Crippen LogP) is 5.68. The lowest BCUT2D eigenvalue weighted by Gasteiger charge is -2.43. The highest BCUT2D eigenvalue weighted by atomic mass is 16.7. The fourth-order valence-electron chi connectivity index (χ4n) is 4.40. The second kappa shape index (κ2) is 9.86. The topological polar surface area (TPSA) is 88.9 Å². The maximum Gasteiger partial charge on any atom is 0.457 e. The van der Waals surface area contributed by atoms with Crippen LogP contribution in [0.25, 0.3) is 0 Å². The Morgan fingerprint density at radius 1 is 1.09 bits per heavy atom. The number of carbonyl (C=O) groups excluding carboxylic acids is 2. The fraction of sp³-hybridized carbons (Fsp3) is 0.917. The summed E-state index contributed by atoms with van der Waals surface area (Å²) in [4.78, 5) is 23.0. The average Bonchev–Trinajstić information content (AvgIpc) is 3.01. The summed E-state index contributed by atoms with van der Waals surface area (Å²) in [6.07, 6.45) is 3.52. The van der Waals surface area contributed by atoms with Crippen LogP contribution >= 0.6 is 0 Å². The Labute approximate surface area is 195 Å². The summed E-state index contributed by atoms with van der Waals surface area (Å²) in [5.41, 5.74) is -0.889. The van der Waals surface area contributed by atoms with Crippen molar-refractivity contribution < 1.29 is 23.6 Å². The Kier molecular flexibility index (Phi) is 8.84. The Morgan fingerprint density at radius 3 is 1.97 bits per heavy atom. The minimum absolute atomic E-state index is 0.0415. The highest BCUT2D eigenvalue weighted by molar-refractivity contribution is 6.45. The Hall–Kier alpha value is -1.37. The molecule has 0 aromatic rings. The number of ether oxygens (including phenoxy) is 1. The van der Waals surface area contributed by atoms with Gasteiger partial charge in [0.1, 0.15) is 5.60 Å². The molecule has 32 heavy (non-hydrogen) atoms. The first-order valence-corrected chi connectivity index (χ1v) is 11.7. The molecule has 0 unspecified atom stereocenters. The first kappa shape index (κ1) is 28.7. The molecule has 8 heteroatoms. The van der Waals surface area contributed by atoms with Gasteiger partial charge in [-0.1, -0.05) is 34.1 Å². The van der Waals surface area contributed by atoms with Crippen molar-refractivity contribution in [2.24, 2.45) is 16.7 Å². The SMILES string of the molecule is CC(C)(C)OC(=O)N1C[C@H](CCCB2OC(C)(C)C(C)(C)O2)[C@](C)(C(C)(C)C)C1.N=C=O. The van der Waals surface area contributed by atoms with Gasteiger partial charge in [0.2, 0.25) is 6.08 Å². The number of nitrogens with zero attached hydrogens (tertiary/aromatic N) is 1. The second-order valence-corrected chi connectivity index (χ2v) is 12.4. The molecule has 2 rings (SSSR count). The van der Waals surface area contributed by atoms with Crippen molar-refractivity contribution in [2.45, 2.75) is 112 Å². The molecule has 2 heterocycles. The van der Waals surface area contributed by atoms with Gasteiger partial charge in [0, 0.05) is 13.1 Å². The molecule has 0 aromatic heterocycles. The van der Waals surface area contributed by atoms with E-state index < -0.39 is 5.60 Å². The molecule has 184 valence electrons. The van der Waals surface area contributed by atoms with Crippen LogP contribution in [0.3, 0.4) is 0 Å². The molecule has 2 atom stereocenters. The van der Waals surface area contributed by atoms with Crippen molar-refractivity contribution >= 4 is 19.3 Å². The molecule has 1 amide bonds. The normalized spacial score (nSPS) is 26.9. The number of carbonyl (C=O) groups is 1. The molecule has 2 fully saturated rings. The van der Waals surface area contributed by atoms with Gasteiger partial charge in [0.15, 0.2) is 0 Å². The molecule has 2 saturated heterocycles. The average molecular weight is 452 g/mol. The maximum absolute atomic E-state index is 12.7. The zero-order chi connectivity index (χ0) is 25.2. The maximum atomic E-state index is 12.7. The van der Waals surface area contributed by atoms with E-state index in [1.54, 1.807) is 0 Å². The van der Waals surface area contributed by atoms with Gasteiger partial charge in [-0.3, -0.25) is 0 Å². The van der Waals surface area contributed by atoms with Crippen LogP contribution in [0.5, 0.6) is 0 Å². The van der Waals surface area contributed by atoms with Gasteiger partial charge in [-0.05, 0) is 78.0 Å². The molecule has 1 N–H and O–H groups in total. The highest BCUT2D eigenvalue weighted by Gasteiger charge is 2.53. The summed E-state index contributed by atoms with van der Waals surface area (Å²) in [5, 5.41) is 5.40. The number of amides is 1. The third-order valence-electron chi connectivity index (χ3n) is 7.52. The fourth-order valence-corrected chi connectivity index (χ4v) is 4.40. The van der Waals surface area contributed by atoms with Crippen molar-refractivity contribution in [3.8, 4) is 0 Å². The number of hydrogen-bond acceptors (Lipinski definition) is 6. The quantitative estimate of drug-likeness (QED) is 0.337. The molecule has 0 radical (unpaired) electrons. The summed E-state index contributed by atoms with van der Waals surface area (Å²) in [6, 6.07) is 0. The summed E-state index contributed by atoms with van der Waals surface area (Å²) < 4.78 is 18.0. The minimum Gasteiger partial charge on any atom is -0.444 e. The van der Waals surface area contributed by atoms with Crippen molar-refractivity contribution in [3.05, 3.63) is 0 Å². The highest BCUT2D eigenvalue weighted by Crippen LogP contribution is 2.51. The van der Waals surface area contributed by atoms with E-state index in [9.17, 15) is 4.79 Å². The molecule has 0 saturated carbocycles. The van der Waals surface area contributed by atoms with Gasteiger partial charge < -0.3 is 18.9 Å². The number of likely N-dealkylation sites (tertiary alicyclic amines) is 1. The van der Waals surface area contributed by atoms with Crippen LogP contribution in [-0.4, -0.2) is 54.1 Å². The van der Waals surface area contributed by atoms with Crippen LogP contribution in [0.1, 0.15) is 89.0 Å². The minimum atomic E-state index is -0.468. The second-order valence-electron chi connectivity index (χ2n) is 12.4. The van der Waals surface area contributed by atoms with Gasteiger partial charge >= 0.3 is 13.2 Å². The van der Waals surface area contributed by atoms with Crippen molar-refractivity contribution in [3.63, 3.8) is 0 Å². The Bertz CT molecular complexity index is 673. The van der Waals surface area contributed by atoms with E-state index in [1.807, 2.05) is 25.7 Å². The first-order chi connectivity index (χ1) is 14.3. The van der Waals surface area contributed by atoms with E-state index >= 15 is 0 Å². The lowest BCUT2D eigenvalue weighted by molar-refractivity contribution is 0.00578.